The Hall–Kier alpha value is -2.40. The van der Waals surface area contributed by atoms with Crippen molar-refractivity contribution < 1.29 is 19.0 Å². The van der Waals surface area contributed by atoms with Crippen molar-refractivity contribution in [2.45, 2.75) is 6.92 Å². The number of rotatable bonds is 5. The van der Waals surface area contributed by atoms with Crippen LogP contribution in [0.15, 0.2) is 30.3 Å². The Balaban J connectivity index is 2.28. The molecular formula is C17H18ClNO4. The summed E-state index contributed by atoms with van der Waals surface area (Å²) >= 11 is 6.06. The minimum absolute atomic E-state index is 0.289. The molecule has 0 fully saturated rings. The van der Waals surface area contributed by atoms with Crippen molar-refractivity contribution in [1.29, 1.82) is 0 Å². The van der Waals surface area contributed by atoms with Crippen LogP contribution in [0.25, 0.3) is 0 Å². The summed E-state index contributed by atoms with van der Waals surface area (Å²) in [6.07, 6.45) is 0. The third-order valence-corrected chi connectivity index (χ3v) is 3.72. The zero-order chi connectivity index (χ0) is 17.0. The van der Waals surface area contributed by atoms with Crippen LogP contribution in [-0.2, 0) is 0 Å². The zero-order valence-electron chi connectivity index (χ0n) is 13.4. The fraction of sp³-hybridized carbons (Fsp3) is 0.235. The second-order valence-electron chi connectivity index (χ2n) is 4.81. The average Bonchev–Trinajstić information content (AvgIpc) is 2.55. The second kappa shape index (κ2) is 7.24. The molecule has 23 heavy (non-hydrogen) atoms. The van der Waals surface area contributed by atoms with Crippen molar-refractivity contribution in [3.63, 3.8) is 0 Å². The van der Waals surface area contributed by atoms with Gasteiger partial charge in [0.1, 0.15) is 17.2 Å². The SMILES string of the molecule is COc1ccc(NC(=O)c2cc(OC)c(C)c(OC)c2)cc1Cl. The standard InChI is InChI=1S/C17H18ClNO4/c1-10-15(22-3)7-11(8-16(10)23-4)17(20)19-12-5-6-14(21-2)13(18)9-12/h5-9H,1-4H3,(H,19,20). The molecule has 122 valence electrons. The quantitative estimate of drug-likeness (QED) is 0.899. The maximum atomic E-state index is 12.4. The van der Waals surface area contributed by atoms with Gasteiger partial charge in [0.05, 0.1) is 26.4 Å². The summed E-state index contributed by atoms with van der Waals surface area (Å²) in [6, 6.07) is 8.36. The number of benzene rings is 2. The minimum atomic E-state index is -0.289. The molecule has 0 aliphatic heterocycles. The lowest BCUT2D eigenvalue weighted by Crippen LogP contribution is -2.12. The first-order valence-electron chi connectivity index (χ1n) is 6.87. The number of nitrogens with one attached hydrogen (secondary N) is 1. The van der Waals surface area contributed by atoms with E-state index in [1.54, 1.807) is 44.6 Å². The third kappa shape index (κ3) is 3.68. The number of ether oxygens (including phenoxy) is 3. The zero-order valence-corrected chi connectivity index (χ0v) is 14.2. The molecule has 0 radical (unpaired) electrons. The normalized spacial score (nSPS) is 10.1. The van der Waals surface area contributed by atoms with Crippen LogP contribution in [0.1, 0.15) is 15.9 Å². The first-order chi connectivity index (χ1) is 11.0. The van der Waals surface area contributed by atoms with Crippen LogP contribution >= 0.6 is 11.6 Å². The van der Waals surface area contributed by atoms with E-state index in [1.807, 2.05) is 6.92 Å². The first-order valence-corrected chi connectivity index (χ1v) is 7.25. The number of hydrogen-bond acceptors (Lipinski definition) is 4. The third-order valence-electron chi connectivity index (χ3n) is 3.42. The van der Waals surface area contributed by atoms with Gasteiger partial charge in [0.25, 0.3) is 5.91 Å². The van der Waals surface area contributed by atoms with E-state index in [9.17, 15) is 4.79 Å². The van der Waals surface area contributed by atoms with Gasteiger partial charge in [0.15, 0.2) is 0 Å². The molecule has 2 aromatic rings. The summed E-state index contributed by atoms with van der Waals surface area (Å²) in [4.78, 5) is 12.4. The van der Waals surface area contributed by atoms with E-state index < -0.39 is 0 Å². The topological polar surface area (TPSA) is 56.8 Å². The highest BCUT2D eigenvalue weighted by Gasteiger charge is 2.14. The molecule has 0 atom stereocenters. The molecule has 1 N–H and O–H groups in total. The molecule has 0 saturated carbocycles. The largest absolute Gasteiger partial charge is 0.496 e. The van der Waals surface area contributed by atoms with Crippen LogP contribution in [0.4, 0.5) is 5.69 Å². The first kappa shape index (κ1) is 17.0. The molecule has 0 heterocycles. The van der Waals surface area contributed by atoms with Crippen molar-refractivity contribution in [1.82, 2.24) is 0 Å². The van der Waals surface area contributed by atoms with Gasteiger partial charge in [0, 0.05) is 16.8 Å². The van der Waals surface area contributed by atoms with E-state index in [0.29, 0.717) is 33.5 Å². The van der Waals surface area contributed by atoms with Gasteiger partial charge in [-0.25, -0.2) is 0 Å². The highest BCUT2D eigenvalue weighted by Crippen LogP contribution is 2.31. The number of anilines is 1. The van der Waals surface area contributed by atoms with E-state index in [2.05, 4.69) is 5.32 Å². The molecule has 0 aliphatic rings. The molecular weight excluding hydrogens is 318 g/mol. The molecule has 0 aromatic heterocycles. The predicted molar refractivity (Wildman–Crippen MR) is 90.2 cm³/mol. The molecule has 6 heteroatoms. The summed E-state index contributed by atoms with van der Waals surface area (Å²) in [5, 5.41) is 3.20. The highest BCUT2D eigenvalue weighted by atomic mass is 35.5. The predicted octanol–water partition coefficient (Wildman–Crippen LogP) is 3.93. The number of carbonyl (C=O) groups excluding carboxylic acids is 1. The molecule has 2 rings (SSSR count). The summed E-state index contributed by atoms with van der Waals surface area (Å²) in [6.45, 7) is 1.86. The van der Waals surface area contributed by atoms with Gasteiger partial charge in [-0.1, -0.05) is 11.6 Å². The number of carbonyl (C=O) groups is 1. The maximum absolute atomic E-state index is 12.4. The van der Waals surface area contributed by atoms with E-state index in [0.717, 1.165) is 5.56 Å². The van der Waals surface area contributed by atoms with E-state index >= 15 is 0 Å². The van der Waals surface area contributed by atoms with Gasteiger partial charge in [-0.15, -0.1) is 0 Å². The van der Waals surface area contributed by atoms with Gasteiger partial charge in [0.2, 0.25) is 0 Å². The smallest absolute Gasteiger partial charge is 0.255 e. The summed E-state index contributed by atoms with van der Waals surface area (Å²) < 4.78 is 15.6. The Labute approximate surface area is 140 Å². The Morgan fingerprint density at radius 3 is 2.00 bits per heavy atom. The lowest BCUT2D eigenvalue weighted by molar-refractivity contribution is 0.102. The second-order valence-corrected chi connectivity index (χ2v) is 5.22. The fourth-order valence-electron chi connectivity index (χ4n) is 2.16. The Bertz CT molecular complexity index is 706. The van der Waals surface area contributed by atoms with Crippen molar-refractivity contribution in [3.8, 4) is 17.2 Å². The van der Waals surface area contributed by atoms with Crippen molar-refractivity contribution in [2.75, 3.05) is 26.6 Å². The Morgan fingerprint density at radius 2 is 1.52 bits per heavy atom. The minimum Gasteiger partial charge on any atom is -0.496 e. The summed E-state index contributed by atoms with van der Waals surface area (Å²) in [5.41, 5.74) is 1.83. The van der Waals surface area contributed by atoms with Crippen molar-refractivity contribution in [3.05, 3.63) is 46.5 Å². The molecule has 2 aromatic carbocycles. The lowest BCUT2D eigenvalue weighted by Gasteiger charge is -2.13. The van der Waals surface area contributed by atoms with Gasteiger partial charge >= 0.3 is 0 Å². The van der Waals surface area contributed by atoms with Crippen LogP contribution < -0.4 is 19.5 Å². The number of hydrogen-bond donors (Lipinski definition) is 1. The van der Waals surface area contributed by atoms with Crippen LogP contribution in [0.5, 0.6) is 17.2 Å². The summed E-state index contributed by atoms with van der Waals surface area (Å²) in [5.74, 6) is 1.43. The van der Waals surface area contributed by atoms with E-state index in [-0.39, 0.29) is 5.91 Å². The van der Waals surface area contributed by atoms with Crippen LogP contribution in [0, 0.1) is 6.92 Å². The Kier molecular flexibility index (Phi) is 5.34. The molecule has 0 aliphatic carbocycles. The molecule has 1 amide bonds. The van der Waals surface area contributed by atoms with Crippen LogP contribution in [0.2, 0.25) is 5.02 Å². The fourth-order valence-corrected chi connectivity index (χ4v) is 2.42. The van der Waals surface area contributed by atoms with Crippen molar-refractivity contribution in [2.24, 2.45) is 0 Å². The van der Waals surface area contributed by atoms with Gasteiger partial charge < -0.3 is 19.5 Å². The molecule has 0 bridgehead atoms. The van der Waals surface area contributed by atoms with Crippen LogP contribution in [0.3, 0.4) is 0 Å². The summed E-state index contributed by atoms with van der Waals surface area (Å²) in [7, 11) is 4.63. The lowest BCUT2D eigenvalue weighted by atomic mass is 10.1. The van der Waals surface area contributed by atoms with E-state index in [4.69, 9.17) is 25.8 Å². The molecule has 0 spiro atoms. The Morgan fingerprint density at radius 1 is 0.957 bits per heavy atom. The molecule has 0 saturated heterocycles. The van der Waals surface area contributed by atoms with Crippen LogP contribution in [-0.4, -0.2) is 27.2 Å². The van der Waals surface area contributed by atoms with Gasteiger partial charge in [-0.05, 0) is 37.3 Å². The number of halogens is 1. The number of methoxy groups -OCH3 is 3. The monoisotopic (exact) mass is 335 g/mol. The van der Waals surface area contributed by atoms with Crippen molar-refractivity contribution >= 4 is 23.2 Å². The van der Waals surface area contributed by atoms with E-state index in [1.165, 1.54) is 7.11 Å². The van der Waals surface area contributed by atoms with Gasteiger partial charge in [-0.2, -0.15) is 0 Å². The molecule has 0 unspecified atom stereocenters. The number of amides is 1. The molecule has 5 nitrogen and oxygen atoms in total. The average molecular weight is 336 g/mol. The maximum Gasteiger partial charge on any atom is 0.255 e. The highest BCUT2D eigenvalue weighted by molar-refractivity contribution is 6.32. The van der Waals surface area contributed by atoms with Gasteiger partial charge in [-0.3, -0.25) is 4.79 Å².